The molecule has 1 aliphatic carbocycles. The standard InChI is InChI=1S/C23H30N2O5/c1-14-6-4-9-20(15(14)2)25-12-18(11-22(25)28)23(29)30-13-21(27)24-19-8-5-7-17(10-19)16(3)26/h5,7-8,10,14-15,18,20H,4,6,9,11-13H2,1-3H3,(H,24,27)/t14-,15-,18-,20+/m1/s1. The maximum Gasteiger partial charge on any atom is 0.311 e. The minimum absolute atomic E-state index is 0.00611. The number of carbonyl (C=O) groups excluding carboxylic acids is 4. The first-order valence-corrected chi connectivity index (χ1v) is 10.6. The van der Waals surface area contributed by atoms with Crippen LogP contribution in [0.15, 0.2) is 24.3 Å². The second-order valence-electron chi connectivity index (χ2n) is 8.57. The van der Waals surface area contributed by atoms with E-state index in [2.05, 4.69) is 19.2 Å². The number of esters is 1. The number of nitrogens with one attached hydrogen (secondary N) is 1. The Balaban J connectivity index is 1.50. The van der Waals surface area contributed by atoms with Crippen LogP contribution in [0.25, 0.3) is 0 Å². The molecule has 30 heavy (non-hydrogen) atoms. The summed E-state index contributed by atoms with van der Waals surface area (Å²) in [5.41, 5.74) is 0.951. The molecule has 0 aromatic heterocycles. The van der Waals surface area contributed by atoms with E-state index in [9.17, 15) is 19.2 Å². The van der Waals surface area contributed by atoms with E-state index in [-0.39, 0.29) is 24.2 Å². The SMILES string of the molecule is CC(=O)c1cccc(NC(=O)COC(=O)[C@@H]2CC(=O)N([C@H]3CCC[C@@H](C)[C@H]3C)C2)c1. The van der Waals surface area contributed by atoms with Gasteiger partial charge in [0.1, 0.15) is 0 Å². The van der Waals surface area contributed by atoms with Crippen molar-refractivity contribution >= 4 is 29.3 Å². The number of amides is 2. The Kier molecular flexibility index (Phi) is 6.90. The highest BCUT2D eigenvalue weighted by Gasteiger charge is 2.42. The molecular weight excluding hydrogens is 384 g/mol. The van der Waals surface area contributed by atoms with E-state index in [1.807, 2.05) is 4.90 Å². The van der Waals surface area contributed by atoms with Gasteiger partial charge < -0.3 is 15.0 Å². The fourth-order valence-electron chi connectivity index (χ4n) is 4.47. The van der Waals surface area contributed by atoms with E-state index < -0.39 is 24.4 Å². The predicted molar refractivity (Wildman–Crippen MR) is 112 cm³/mol. The zero-order valence-corrected chi connectivity index (χ0v) is 17.8. The molecule has 3 rings (SSSR count). The number of nitrogens with zero attached hydrogens (tertiary/aromatic N) is 1. The number of carbonyl (C=O) groups is 4. The van der Waals surface area contributed by atoms with Crippen LogP contribution < -0.4 is 5.32 Å². The third kappa shape index (κ3) is 5.07. The number of likely N-dealkylation sites (tertiary alicyclic amines) is 1. The van der Waals surface area contributed by atoms with Crippen molar-refractivity contribution < 1.29 is 23.9 Å². The van der Waals surface area contributed by atoms with Gasteiger partial charge >= 0.3 is 5.97 Å². The van der Waals surface area contributed by atoms with Gasteiger partial charge in [0.05, 0.1) is 5.92 Å². The Morgan fingerprint density at radius 1 is 1.20 bits per heavy atom. The van der Waals surface area contributed by atoms with Crippen molar-refractivity contribution in [3.63, 3.8) is 0 Å². The second-order valence-corrected chi connectivity index (χ2v) is 8.57. The summed E-state index contributed by atoms with van der Waals surface area (Å²) in [7, 11) is 0. The van der Waals surface area contributed by atoms with E-state index in [4.69, 9.17) is 4.74 Å². The topological polar surface area (TPSA) is 92.8 Å². The molecule has 4 atom stereocenters. The van der Waals surface area contributed by atoms with E-state index in [0.29, 0.717) is 29.6 Å². The molecule has 7 nitrogen and oxygen atoms in total. The zero-order chi connectivity index (χ0) is 21.8. The number of ether oxygens (including phenoxy) is 1. The summed E-state index contributed by atoms with van der Waals surface area (Å²) < 4.78 is 5.17. The molecule has 2 amide bonds. The van der Waals surface area contributed by atoms with Crippen LogP contribution in [0.5, 0.6) is 0 Å². The number of anilines is 1. The van der Waals surface area contributed by atoms with Gasteiger partial charge in [0.25, 0.3) is 5.91 Å². The average Bonchev–Trinajstić information content (AvgIpc) is 3.10. The largest absolute Gasteiger partial charge is 0.455 e. The molecule has 1 aromatic carbocycles. The van der Waals surface area contributed by atoms with Gasteiger partial charge in [-0.15, -0.1) is 0 Å². The highest BCUT2D eigenvalue weighted by atomic mass is 16.5. The molecule has 2 fully saturated rings. The van der Waals surface area contributed by atoms with Crippen molar-refractivity contribution in [2.24, 2.45) is 17.8 Å². The lowest BCUT2D eigenvalue weighted by Gasteiger charge is -2.39. The lowest BCUT2D eigenvalue weighted by molar-refractivity contribution is -0.151. The molecule has 0 spiro atoms. The summed E-state index contributed by atoms with van der Waals surface area (Å²) in [5.74, 6) is -0.671. The summed E-state index contributed by atoms with van der Waals surface area (Å²) in [6.45, 7) is 5.78. The molecule has 1 saturated carbocycles. The van der Waals surface area contributed by atoms with Crippen LogP contribution in [-0.2, 0) is 19.1 Å². The Hall–Kier alpha value is -2.70. The molecule has 0 unspecified atom stereocenters. The number of hydrogen-bond donors (Lipinski definition) is 1. The van der Waals surface area contributed by atoms with Crippen molar-refractivity contribution in [1.29, 1.82) is 0 Å². The Labute approximate surface area is 177 Å². The molecule has 1 saturated heterocycles. The number of hydrogen-bond acceptors (Lipinski definition) is 5. The van der Waals surface area contributed by atoms with Crippen molar-refractivity contribution in [1.82, 2.24) is 4.90 Å². The van der Waals surface area contributed by atoms with E-state index in [1.165, 1.54) is 13.3 Å². The quantitative estimate of drug-likeness (QED) is 0.570. The van der Waals surface area contributed by atoms with Crippen LogP contribution >= 0.6 is 0 Å². The molecule has 7 heteroatoms. The van der Waals surface area contributed by atoms with Gasteiger partial charge in [-0.05, 0) is 37.3 Å². The average molecular weight is 415 g/mol. The van der Waals surface area contributed by atoms with Crippen molar-refractivity contribution in [2.45, 2.75) is 52.5 Å². The van der Waals surface area contributed by atoms with Crippen LogP contribution in [-0.4, -0.2) is 47.7 Å². The Bertz CT molecular complexity index is 837. The Morgan fingerprint density at radius 2 is 1.97 bits per heavy atom. The normalized spacial score (nSPS) is 26.4. The third-order valence-electron chi connectivity index (χ3n) is 6.45. The molecule has 0 radical (unpaired) electrons. The van der Waals surface area contributed by atoms with Gasteiger partial charge in [0, 0.05) is 30.3 Å². The molecule has 162 valence electrons. The smallest absolute Gasteiger partial charge is 0.311 e. The first-order valence-electron chi connectivity index (χ1n) is 10.6. The van der Waals surface area contributed by atoms with Gasteiger partial charge in [-0.25, -0.2) is 0 Å². The van der Waals surface area contributed by atoms with Crippen LogP contribution in [0, 0.1) is 17.8 Å². The van der Waals surface area contributed by atoms with Crippen LogP contribution in [0.2, 0.25) is 0 Å². The number of Topliss-reactive ketones (excluding diaryl/α,β-unsaturated/α-hetero) is 1. The summed E-state index contributed by atoms with van der Waals surface area (Å²) in [5, 5.41) is 2.62. The molecule has 2 aliphatic rings. The van der Waals surface area contributed by atoms with Gasteiger partial charge in [0.15, 0.2) is 12.4 Å². The summed E-state index contributed by atoms with van der Waals surface area (Å²) >= 11 is 0. The third-order valence-corrected chi connectivity index (χ3v) is 6.45. The number of ketones is 1. The van der Waals surface area contributed by atoms with Crippen molar-refractivity contribution in [3.8, 4) is 0 Å². The van der Waals surface area contributed by atoms with E-state index in [0.717, 1.165) is 12.8 Å². The maximum absolute atomic E-state index is 12.5. The van der Waals surface area contributed by atoms with E-state index >= 15 is 0 Å². The maximum atomic E-state index is 12.5. The highest BCUT2D eigenvalue weighted by Crippen LogP contribution is 2.35. The lowest BCUT2D eigenvalue weighted by Crippen LogP contribution is -2.45. The lowest BCUT2D eigenvalue weighted by atomic mass is 9.77. The first kappa shape index (κ1) is 22.0. The molecule has 0 bridgehead atoms. The van der Waals surface area contributed by atoms with Crippen molar-refractivity contribution in [2.75, 3.05) is 18.5 Å². The fraction of sp³-hybridized carbons (Fsp3) is 0.565. The predicted octanol–water partition coefficient (Wildman–Crippen LogP) is 3.04. The van der Waals surface area contributed by atoms with Crippen LogP contribution in [0.1, 0.15) is 56.8 Å². The molecule has 1 heterocycles. The molecule has 1 aromatic rings. The fourth-order valence-corrected chi connectivity index (χ4v) is 4.47. The van der Waals surface area contributed by atoms with Gasteiger partial charge in [-0.1, -0.05) is 38.8 Å². The first-order chi connectivity index (χ1) is 14.3. The van der Waals surface area contributed by atoms with Crippen molar-refractivity contribution in [3.05, 3.63) is 29.8 Å². The Morgan fingerprint density at radius 3 is 2.70 bits per heavy atom. The summed E-state index contributed by atoms with van der Waals surface area (Å²) in [4.78, 5) is 50.4. The van der Waals surface area contributed by atoms with Crippen LogP contribution in [0.3, 0.4) is 0 Å². The second kappa shape index (κ2) is 9.41. The number of rotatable bonds is 6. The molecule has 1 N–H and O–H groups in total. The highest BCUT2D eigenvalue weighted by molar-refractivity contribution is 5.97. The molecule has 1 aliphatic heterocycles. The minimum atomic E-state index is -0.532. The van der Waals surface area contributed by atoms with Gasteiger partial charge in [-0.2, -0.15) is 0 Å². The molecular formula is C23H30N2O5. The van der Waals surface area contributed by atoms with Gasteiger partial charge in [-0.3, -0.25) is 19.2 Å². The zero-order valence-electron chi connectivity index (χ0n) is 17.8. The summed E-state index contributed by atoms with van der Waals surface area (Å²) in [6.07, 6.45) is 3.38. The van der Waals surface area contributed by atoms with Gasteiger partial charge in [0.2, 0.25) is 5.91 Å². The monoisotopic (exact) mass is 414 g/mol. The summed E-state index contributed by atoms with van der Waals surface area (Å²) in [6, 6.07) is 6.74. The van der Waals surface area contributed by atoms with Crippen LogP contribution in [0.4, 0.5) is 5.69 Å². The minimum Gasteiger partial charge on any atom is -0.455 e. The number of benzene rings is 1. The van der Waals surface area contributed by atoms with E-state index in [1.54, 1.807) is 24.3 Å².